The third-order valence-electron chi connectivity index (χ3n) is 1.01. The fourth-order valence-electron chi connectivity index (χ4n) is 0.599. The summed E-state index contributed by atoms with van der Waals surface area (Å²) in [6, 6.07) is 1.65. The maximum Gasteiger partial charge on any atom is 0.382 e. The van der Waals surface area contributed by atoms with E-state index in [0.29, 0.717) is 5.69 Å². The molecule has 0 aliphatic carbocycles. The van der Waals surface area contributed by atoms with Crippen molar-refractivity contribution >= 4 is 5.97 Å². The molecule has 1 aromatic heterocycles. The number of rotatable bonds is 0. The second-order valence-electron chi connectivity index (χ2n) is 1.93. The Balaban J connectivity index is 2.82. The van der Waals surface area contributed by atoms with Gasteiger partial charge in [0.2, 0.25) is 0 Å². The molecule has 1 rings (SSSR count). The van der Waals surface area contributed by atoms with Crippen LogP contribution in [-0.2, 0) is 11.8 Å². The number of nitrogens with zero attached hydrogens (tertiary/aromatic N) is 2. The smallest absolute Gasteiger partial charge is 0.382 e. The number of carbonyl (C=O) groups is 1. The van der Waals surface area contributed by atoms with Gasteiger partial charge < -0.3 is 5.11 Å². The summed E-state index contributed by atoms with van der Waals surface area (Å²) in [6.07, 6.45) is 1.70. The van der Waals surface area contributed by atoms with Crippen LogP contribution < -0.4 is 0 Å². The minimum atomic E-state index is -1.14. The molecule has 0 saturated heterocycles. The minimum absolute atomic E-state index is 0.468. The molecule has 56 valence electrons. The summed E-state index contributed by atoms with van der Waals surface area (Å²) in [5, 5.41) is 12.0. The van der Waals surface area contributed by atoms with E-state index in [-0.39, 0.29) is 0 Å². The van der Waals surface area contributed by atoms with Crippen molar-refractivity contribution in [2.75, 3.05) is 0 Å². The molecule has 0 aliphatic rings. The van der Waals surface area contributed by atoms with Gasteiger partial charge in [-0.15, -0.1) is 0 Å². The van der Waals surface area contributed by atoms with Gasteiger partial charge in [0.15, 0.2) is 0 Å². The highest BCUT2D eigenvalue weighted by Gasteiger charge is 1.90. The Labute approximate surface area is 63.5 Å². The zero-order chi connectivity index (χ0) is 8.27. The Kier molecular flexibility index (Phi) is 1.93. The van der Waals surface area contributed by atoms with Crippen molar-refractivity contribution in [3.05, 3.63) is 18.0 Å². The van der Waals surface area contributed by atoms with Crippen molar-refractivity contribution in [2.45, 2.75) is 0 Å². The standard InChI is InChI=1S/C7H6N2O2/c1-9-5-4-6(8-9)2-3-7(10)11/h4-5H,1H3,(H,10,11). The Bertz CT molecular complexity index is 330. The van der Waals surface area contributed by atoms with Crippen LogP contribution in [-0.4, -0.2) is 20.9 Å². The summed E-state index contributed by atoms with van der Waals surface area (Å²) < 4.78 is 1.56. The molecule has 1 heterocycles. The molecule has 0 fully saturated rings. The fraction of sp³-hybridized carbons (Fsp3) is 0.143. The summed E-state index contributed by atoms with van der Waals surface area (Å²) in [5.41, 5.74) is 0.468. The van der Waals surface area contributed by atoms with E-state index in [2.05, 4.69) is 11.0 Å². The lowest BCUT2D eigenvalue weighted by Gasteiger charge is -1.80. The van der Waals surface area contributed by atoms with Crippen molar-refractivity contribution < 1.29 is 9.90 Å². The lowest BCUT2D eigenvalue weighted by Crippen LogP contribution is -1.89. The predicted octanol–water partition coefficient (Wildman–Crippen LogP) is -0.144. The van der Waals surface area contributed by atoms with E-state index >= 15 is 0 Å². The van der Waals surface area contributed by atoms with Crippen LogP contribution in [0.25, 0.3) is 0 Å². The average Bonchev–Trinajstić information content (AvgIpc) is 2.31. The summed E-state index contributed by atoms with van der Waals surface area (Å²) in [6.45, 7) is 0. The molecule has 0 radical (unpaired) electrons. The minimum Gasteiger partial charge on any atom is -0.472 e. The quantitative estimate of drug-likeness (QED) is 0.523. The molecule has 1 N–H and O–H groups in total. The number of carboxylic acids is 1. The molecule has 4 heteroatoms. The Hall–Kier alpha value is -1.76. The number of aromatic nitrogens is 2. The van der Waals surface area contributed by atoms with Crippen LogP contribution in [0.5, 0.6) is 0 Å². The van der Waals surface area contributed by atoms with Crippen LogP contribution >= 0.6 is 0 Å². The summed E-state index contributed by atoms with van der Waals surface area (Å²) in [5.74, 6) is 3.21. The van der Waals surface area contributed by atoms with Gasteiger partial charge in [0.1, 0.15) is 5.69 Å². The van der Waals surface area contributed by atoms with E-state index in [1.54, 1.807) is 24.0 Å². The maximum atomic E-state index is 9.97. The summed E-state index contributed by atoms with van der Waals surface area (Å²) >= 11 is 0. The molecule has 0 unspecified atom stereocenters. The lowest BCUT2D eigenvalue weighted by molar-refractivity contribution is -0.130. The van der Waals surface area contributed by atoms with Gasteiger partial charge in [-0.05, 0) is 12.0 Å². The number of hydrogen-bond acceptors (Lipinski definition) is 2. The van der Waals surface area contributed by atoms with Gasteiger partial charge in [-0.1, -0.05) is 0 Å². The first kappa shape index (κ1) is 7.35. The highest BCUT2D eigenvalue weighted by atomic mass is 16.4. The second-order valence-corrected chi connectivity index (χ2v) is 1.93. The third kappa shape index (κ3) is 2.14. The van der Waals surface area contributed by atoms with Gasteiger partial charge in [0.25, 0.3) is 0 Å². The molecule has 0 atom stereocenters. The van der Waals surface area contributed by atoms with E-state index in [1.165, 1.54) is 0 Å². The molecule has 1 aromatic rings. The maximum absolute atomic E-state index is 9.97. The SMILES string of the molecule is Cn1ccc(C#CC(=O)O)n1. The monoisotopic (exact) mass is 150 g/mol. The van der Waals surface area contributed by atoms with E-state index in [9.17, 15) is 4.79 Å². The fourth-order valence-corrected chi connectivity index (χ4v) is 0.599. The molecule has 0 aromatic carbocycles. The molecule has 0 spiro atoms. The van der Waals surface area contributed by atoms with Gasteiger partial charge in [0, 0.05) is 19.2 Å². The number of hydrogen-bond donors (Lipinski definition) is 1. The lowest BCUT2D eigenvalue weighted by atomic mass is 10.4. The van der Waals surface area contributed by atoms with Crippen LogP contribution in [0, 0.1) is 11.8 Å². The zero-order valence-corrected chi connectivity index (χ0v) is 5.90. The molecular weight excluding hydrogens is 144 g/mol. The second kappa shape index (κ2) is 2.88. The van der Waals surface area contributed by atoms with Crippen LogP contribution in [0.3, 0.4) is 0 Å². The summed E-state index contributed by atoms with van der Waals surface area (Å²) in [7, 11) is 1.74. The zero-order valence-electron chi connectivity index (χ0n) is 5.90. The molecule has 0 saturated carbocycles. The highest BCUT2D eigenvalue weighted by Crippen LogP contribution is 1.89. The van der Waals surface area contributed by atoms with Crippen LogP contribution in [0.2, 0.25) is 0 Å². The van der Waals surface area contributed by atoms with Crippen molar-refractivity contribution in [1.29, 1.82) is 0 Å². The van der Waals surface area contributed by atoms with Crippen molar-refractivity contribution in [1.82, 2.24) is 9.78 Å². The van der Waals surface area contributed by atoms with Crippen LogP contribution in [0.1, 0.15) is 5.69 Å². The number of aliphatic carboxylic acids is 1. The third-order valence-corrected chi connectivity index (χ3v) is 1.01. The Morgan fingerprint density at radius 1 is 1.82 bits per heavy atom. The predicted molar refractivity (Wildman–Crippen MR) is 37.7 cm³/mol. The average molecular weight is 150 g/mol. The van der Waals surface area contributed by atoms with E-state index < -0.39 is 5.97 Å². The van der Waals surface area contributed by atoms with E-state index in [1.807, 2.05) is 5.92 Å². The van der Waals surface area contributed by atoms with Gasteiger partial charge in [-0.3, -0.25) is 4.68 Å². The molecule has 11 heavy (non-hydrogen) atoms. The number of aryl methyl sites for hydroxylation is 1. The Morgan fingerprint density at radius 2 is 2.55 bits per heavy atom. The Morgan fingerprint density at radius 3 is 3.00 bits per heavy atom. The first-order valence-corrected chi connectivity index (χ1v) is 2.93. The van der Waals surface area contributed by atoms with E-state index in [0.717, 1.165) is 0 Å². The normalized spacial score (nSPS) is 8.45. The van der Waals surface area contributed by atoms with Crippen LogP contribution in [0.15, 0.2) is 12.3 Å². The van der Waals surface area contributed by atoms with Crippen molar-refractivity contribution in [3.63, 3.8) is 0 Å². The largest absolute Gasteiger partial charge is 0.472 e. The van der Waals surface area contributed by atoms with Crippen molar-refractivity contribution in [2.24, 2.45) is 7.05 Å². The molecular formula is C7H6N2O2. The first-order chi connectivity index (χ1) is 5.18. The van der Waals surface area contributed by atoms with Gasteiger partial charge in [-0.2, -0.15) is 5.10 Å². The summed E-state index contributed by atoms with van der Waals surface area (Å²) in [4.78, 5) is 9.97. The molecule has 4 nitrogen and oxygen atoms in total. The van der Waals surface area contributed by atoms with Gasteiger partial charge >= 0.3 is 5.97 Å². The first-order valence-electron chi connectivity index (χ1n) is 2.93. The molecule has 0 amide bonds. The molecule has 0 aliphatic heterocycles. The highest BCUT2D eigenvalue weighted by molar-refractivity contribution is 5.87. The van der Waals surface area contributed by atoms with Crippen molar-refractivity contribution in [3.8, 4) is 11.8 Å². The van der Waals surface area contributed by atoms with Gasteiger partial charge in [-0.25, -0.2) is 4.79 Å². The van der Waals surface area contributed by atoms with Crippen LogP contribution in [0.4, 0.5) is 0 Å². The topological polar surface area (TPSA) is 55.1 Å². The number of carboxylic acid groups (broad SMARTS) is 1. The molecule has 0 bridgehead atoms. The van der Waals surface area contributed by atoms with E-state index in [4.69, 9.17) is 5.11 Å². The van der Waals surface area contributed by atoms with Gasteiger partial charge in [0.05, 0.1) is 0 Å².